The summed E-state index contributed by atoms with van der Waals surface area (Å²) in [6.07, 6.45) is 11.6. The van der Waals surface area contributed by atoms with E-state index in [0.717, 1.165) is 6.42 Å². The molecule has 1 aromatic rings. The Kier molecular flexibility index (Phi) is 5.75. The van der Waals surface area contributed by atoms with Crippen molar-refractivity contribution in [3.63, 3.8) is 0 Å². The fourth-order valence-electron chi connectivity index (χ4n) is 3.54. The Bertz CT molecular complexity index is 497. The van der Waals surface area contributed by atoms with Crippen molar-refractivity contribution >= 4 is 40.3 Å². The van der Waals surface area contributed by atoms with Gasteiger partial charge in [0.05, 0.1) is 5.38 Å². The van der Waals surface area contributed by atoms with Crippen molar-refractivity contribution in [1.29, 1.82) is 0 Å². The Labute approximate surface area is 142 Å². The second-order valence-electron chi connectivity index (χ2n) is 6.20. The third kappa shape index (κ3) is 3.71. The van der Waals surface area contributed by atoms with Crippen LogP contribution < -0.4 is 0 Å². The molecule has 1 fully saturated rings. The van der Waals surface area contributed by atoms with Crippen LogP contribution in [-0.4, -0.2) is 11.5 Å². The molecule has 1 unspecified atom stereocenters. The van der Waals surface area contributed by atoms with Gasteiger partial charge in [0.2, 0.25) is 0 Å². The lowest BCUT2D eigenvalue weighted by Crippen LogP contribution is -2.12. The second-order valence-corrected chi connectivity index (χ2v) is 8.95. The first-order chi connectivity index (χ1) is 10.3. The zero-order valence-corrected chi connectivity index (χ0v) is 15.3. The van der Waals surface area contributed by atoms with Crippen LogP contribution in [-0.2, 0) is 6.42 Å². The van der Waals surface area contributed by atoms with E-state index in [1.165, 1.54) is 65.3 Å². The lowest BCUT2D eigenvalue weighted by atomic mass is 9.84. The molecule has 1 aromatic heterocycles. The van der Waals surface area contributed by atoms with Gasteiger partial charge in [-0.1, -0.05) is 32.3 Å². The summed E-state index contributed by atoms with van der Waals surface area (Å²) in [5, 5.41) is 0.240. The summed E-state index contributed by atoms with van der Waals surface area (Å²) >= 11 is 10.9. The Morgan fingerprint density at radius 1 is 1.29 bits per heavy atom. The van der Waals surface area contributed by atoms with Crippen LogP contribution in [0.2, 0.25) is 0 Å². The Hall–Kier alpha value is 0.0800. The van der Waals surface area contributed by atoms with Crippen LogP contribution in [0, 0.1) is 5.92 Å². The molecule has 0 radical (unpaired) electrons. The summed E-state index contributed by atoms with van der Waals surface area (Å²) in [5.41, 5.74) is 3.01. The summed E-state index contributed by atoms with van der Waals surface area (Å²) < 4.78 is 0. The number of aryl methyl sites for hydroxylation is 1. The maximum atomic E-state index is 6.90. The summed E-state index contributed by atoms with van der Waals surface area (Å²) in [6, 6.07) is 2.43. The minimum Gasteiger partial charge on any atom is -0.157 e. The Morgan fingerprint density at radius 3 is 2.76 bits per heavy atom. The predicted octanol–water partition coefficient (Wildman–Crippen LogP) is 6.69. The van der Waals surface area contributed by atoms with Crippen LogP contribution >= 0.6 is 34.7 Å². The van der Waals surface area contributed by atoms with E-state index in [-0.39, 0.29) is 5.38 Å². The van der Waals surface area contributed by atoms with E-state index in [1.54, 1.807) is 5.57 Å². The number of hydrogen-bond acceptors (Lipinski definition) is 2. The van der Waals surface area contributed by atoms with Gasteiger partial charge in [-0.25, -0.2) is 0 Å². The van der Waals surface area contributed by atoms with Crippen molar-refractivity contribution in [2.24, 2.45) is 5.92 Å². The van der Waals surface area contributed by atoms with Crippen molar-refractivity contribution in [3.8, 4) is 0 Å². The first-order valence-electron chi connectivity index (χ1n) is 8.33. The van der Waals surface area contributed by atoms with E-state index >= 15 is 0 Å². The Morgan fingerprint density at radius 2 is 2.10 bits per heavy atom. The highest BCUT2D eigenvalue weighted by molar-refractivity contribution is 7.99. The maximum absolute atomic E-state index is 6.90. The molecule has 2 aliphatic rings. The van der Waals surface area contributed by atoms with Gasteiger partial charge in [-0.05, 0) is 54.6 Å². The number of thioether (sulfide) groups is 1. The lowest BCUT2D eigenvalue weighted by Gasteiger charge is -2.26. The van der Waals surface area contributed by atoms with E-state index in [0.29, 0.717) is 5.92 Å². The summed E-state index contributed by atoms with van der Waals surface area (Å²) in [7, 11) is 0. The van der Waals surface area contributed by atoms with Gasteiger partial charge in [-0.15, -0.1) is 22.9 Å². The molecule has 3 heteroatoms. The first-order valence-corrected chi connectivity index (χ1v) is 10.7. The van der Waals surface area contributed by atoms with E-state index in [4.69, 9.17) is 11.6 Å². The average Bonchev–Trinajstić information content (AvgIpc) is 3.00. The molecule has 2 heterocycles. The molecule has 0 nitrogen and oxygen atoms in total. The van der Waals surface area contributed by atoms with Crippen LogP contribution in [0.1, 0.15) is 66.1 Å². The molecular formula is C18H25ClS2. The summed E-state index contributed by atoms with van der Waals surface area (Å²) in [4.78, 5) is 3.01. The Balaban J connectivity index is 1.83. The molecule has 0 bridgehead atoms. The smallest absolute Gasteiger partial charge is 0.0624 e. The number of hydrogen-bond donors (Lipinski definition) is 0. The quantitative estimate of drug-likeness (QED) is 0.550. The minimum atomic E-state index is 0.240. The highest BCUT2D eigenvalue weighted by Gasteiger charge is 2.26. The molecule has 116 valence electrons. The molecule has 1 aliphatic carbocycles. The fraction of sp³-hybridized carbons (Fsp3) is 0.667. The molecule has 0 aromatic carbocycles. The molecule has 1 aliphatic heterocycles. The van der Waals surface area contributed by atoms with E-state index in [2.05, 4.69) is 19.1 Å². The molecule has 21 heavy (non-hydrogen) atoms. The first kappa shape index (κ1) is 16.0. The van der Waals surface area contributed by atoms with Crippen LogP contribution in [0.4, 0.5) is 0 Å². The van der Waals surface area contributed by atoms with Crippen molar-refractivity contribution in [1.82, 2.24) is 0 Å². The van der Waals surface area contributed by atoms with Gasteiger partial charge in [0.25, 0.3) is 0 Å². The number of rotatable bonds is 4. The number of allylic oxidation sites excluding steroid dienone is 1. The van der Waals surface area contributed by atoms with Gasteiger partial charge < -0.3 is 0 Å². The third-order valence-corrected chi connectivity index (χ3v) is 7.66. The highest BCUT2D eigenvalue weighted by atomic mass is 35.5. The normalized spacial score (nSPS) is 22.1. The van der Waals surface area contributed by atoms with Crippen LogP contribution in [0.25, 0.3) is 5.57 Å². The second kappa shape index (κ2) is 7.57. The molecule has 0 saturated heterocycles. The standard InChI is InChI=1S/C18H25ClS2/c1-2-16-15(18(19)14-6-4-3-5-7-14)12-17(21-16)13-8-10-20-11-9-13/h8,12,14,18H,2-7,9-11H2,1H3. The van der Waals surface area contributed by atoms with Crippen molar-refractivity contribution in [3.05, 3.63) is 27.5 Å². The number of alkyl halides is 1. The van der Waals surface area contributed by atoms with Crippen molar-refractivity contribution < 1.29 is 0 Å². The van der Waals surface area contributed by atoms with Crippen molar-refractivity contribution in [2.45, 2.75) is 57.2 Å². The molecule has 0 amide bonds. The number of thiophene rings is 1. The highest BCUT2D eigenvalue weighted by Crippen LogP contribution is 2.44. The fourth-order valence-corrected chi connectivity index (χ4v) is 6.12. The maximum Gasteiger partial charge on any atom is 0.0624 e. The molecule has 1 saturated carbocycles. The van der Waals surface area contributed by atoms with Gasteiger partial charge in [0.15, 0.2) is 0 Å². The van der Waals surface area contributed by atoms with Gasteiger partial charge in [0.1, 0.15) is 0 Å². The molecule has 0 N–H and O–H groups in total. The van der Waals surface area contributed by atoms with Crippen LogP contribution in [0.15, 0.2) is 12.1 Å². The van der Waals surface area contributed by atoms with Crippen LogP contribution in [0.5, 0.6) is 0 Å². The molecular weight excluding hydrogens is 316 g/mol. The van der Waals surface area contributed by atoms with Gasteiger partial charge >= 0.3 is 0 Å². The predicted molar refractivity (Wildman–Crippen MR) is 98.8 cm³/mol. The zero-order valence-electron chi connectivity index (χ0n) is 12.9. The molecule has 1 atom stereocenters. The lowest BCUT2D eigenvalue weighted by molar-refractivity contribution is 0.348. The SMILES string of the molecule is CCc1sc(C2=CCSCC2)cc1C(Cl)C1CCCCC1. The largest absolute Gasteiger partial charge is 0.157 e. The minimum absolute atomic E-state index is 0.240. The average molecular weight is 341 g/mol. The van der Waals surface area contributed by atoms with Crippen molar-refractivity contribution in [2.75, 3.05) is 11.5 Å². The van der Waals surface area contributed by atoms with E-state index in [1.807, 2.05) is 23.1 Å². The molecule has 0 spiro atoms. The topological polar surface area (TPSA) is 0 Å². The zero-order chi connectivity index (χ0) is 14.7. The molecule has 3 rings (SSSR count). The third-order valence-electron chi connectivity index (χ3n) is 4.80. The van der Waals surface area contributed by atoms with Gasteiger partial charge in [0, 0.05) is 15.5 Å². The number of halogens is 1. The van der Waals surface area contributed by atoms with Gasteiger partial charge in [-0.2, -0.15) is 11.8 Å². The summed E-state index contributed by atoms with van der Waals surface area (Å²) in [6.45, 7) is 2.27. The van der Waals surface area contributed by atoms with E-state index < -0.39 is 0 Å². The van der Waals surface area contributed by atoms with Gasteiger partial charge in [-0.3, -0.25) is 0 Å². The van der Waals surface area contributed by atoms with E-state index in [9.17, 15) is 0 Å². The summed E-state index contributed by atoms with van der Waals surface area (Å²) in [5.74, 6) is 3.15. The monoisotopic (exact) mass is 340 g/mol. The van der Waals surface area contributed by atoms with Crippen LogP contribution in [0.3, 0.4) is 0 Å².